The molecule has 1 amide bonds. The fraction of sp³-hybridized carbons (Fsp3) is 0.263. The van der Waals surface area contributed by atoms with Crippen LogP contribution in [0.15, 0.2) is 48.5 Å². The molecular weight excluding hydrogens is 306 g/mol. The van der Waals surface area contributed by atoms with Crippen LogP contribution in [-0.4, -0.2) is 24.6 Å². The Kier molecular flexibility index (Phi) is 5.95. The van der Waals surface area contributed by atoms with Gasteiger partial charge in [0, 0.05) is 11.3 Å². The third kappa shape index (κ3) is 4.84. The SMILES string of the molecule is CCOc1cccc(C(=O)Nc2cccc(C(=O)OC(C)C)c2)c1. The summed E-state index contributed by atoms with van der Waals surface area (Å²) in [6, 6.07) is 13.6. The van der Waals surface area contributed by atoms with E-state index in [1.807, 2.05) is 6.92 Å². The van der Waals surface area contributed by atoms with Gasteiger partial charge in [-0.2, -0.15) is 0 Å². The minimum Gasteiger partial charge on any atom is -0.494 e. The third-order valence-corrected chi connectivity index (χ3v) is 3.11. The molecule has 2 aromatic rings. The number of rotatable bonds is 6. The molecule has 2 rings (SSSR count). The van der Waals surface area contributed by atoms with E-state index < -0.39 is 5.97 Å². The Morgan fingerprint density at radius 1 is 1.04 bits per heavy atom. The van der Waals surface area contributed by atoms with Gasteiger partial charge in [-0.15, -0.1) is 0 Å². The first-order chi connectivity index (χ1) is 11.5. The van der Waals surface area contributed by atoms with Crippen LogP contribution in [0.25, 0.3) is 0 Å². The second-order valence-electron chi connectivity index (χ2n) is 5.45. The Morgan fingerprint density at radius 3 is 2.46 bits per heavy atom. The van der Waals surface area contributed by atoms with Crippen LogP contribution in [0.3, 0.4) is 0 Å². The number of carbonyl (C=O) groups is 2. The summed E-state index contributed by atoms with van der Waals surface area (Å²) >= 11 is 0. The summed E-state index contributed by atoms with van der Waals surface area (Å²) in [5.74, 6) is -0.0511. The van der Waals surface area contributed by atoms with Crippen LogP contribution in [0.1, 0.15) is 41.5 Å². The molecule has 0 unspecified atom stereocenters. The zero-order chi connectivity index (χ0) is 17.5. The number of hydrogen-bond acceptors (Lipinski definition) is 4. The normalized spacial score (nSPS) is 10.3. The molecule has 0 aromatic heterocycles. The first-order valence-electron chi connectivity index (χ1n) is 7.85. The summed E-state index contributed by atoms with van der Waals surface area (Å²) < 4.78 is 10.5. The maximum absolute atomic E-state index is 12.3. The van der Waals surface area contributed by atoms with Crippen LogP contribution < -0.4 is 10.1 Å². The Labute approximate surface area is 141 Å². The van der Waals surface area contributed by atoms with Crippen molar-refractivity contribution < 1.29 is 19.1 Å². The average molecular weight is 327 g/mol. The number of carbonyl (C=O) groups excluding carboxylic acids is 2. The zero-order valence-corrected chi connectivity index (χ0v) is 14.0. The number of benzene rings is 2. The Balaban J connectivity index is 2.11. The van der Waals surface area contributed by atoms with E-state index in [1.165, 1.54) is 0 Å². The van der Waals surface area contributed by atoms with Crippen LogP contribution in [0.4, 0.5) is 5.69 Å². The van der Waals surface area contributed by atoms with Gasteiger partial charge in [0.25, 0.3) is 5.91 Å². The molecule has 0 saturated carbocycles. The van der Waals surface area contributed by atoms with Gasteiger partial charge in [-0.3, -0.25) is 4.79 Å². The number of amides is 1. The highest BCUT2D eigenvalue weighted by molar-refractivity contribution is 6.05. The van der Waals surface area contributed by atoms with Crippen LogP contribution >= 0.6 is 0 Å². The predicted molar refractivity (Wildman–Crippen MR) is 92.6 cm³/mol. The Bertz CT molecular complexity index is 725. The molecule has 1 N–H and O–H groups in total. The van der Waals surface area contributed by atoms with Gasteiger partial charge in [0.1, 0.15) is 5.75 Å². The molecule has 0 atom stereocenters. The molecule has 0 spiro atoms. The number of ether oxygens (including phenoxy) is 2. The van der Waals surface area contributed by atoms with E-state index in [1.54, 1.807) is 62.4 Å². The summed E-state index contributed by atoms with van der Waals surface area (Å²) in [5, 5.41) is 2.77. The molecule has 0 radical (unpaired) electrons. The first kappa shape index (κ1) is 17.5. The smallest absolute Gasteiger partial charge is 0.338 e. The molecule has 0 saturated heterocycles. The largest absolute Gasteiger partial charge is 0.494 e. The zero-order valence-electron chi connectivity index (χ0n) is 14.0. The summed E-state index contributed by atoms with van der Waals surface area (Å²) in [6.45, 7) is 5.99. The molecule has 0 heterocycles. The second-order valence-corrected chi connectivity index (χ2v) is 5.45. The van der Waals surface area contributed by atoms with Crippen molar-refractivity contribution >= 4 is 17.6 Å². The number of anilines is 1. The quantitative estimate of drug-likeness (QED) is 0.817. The maximum atomic E-state index is 12.3. The minimum atomic E-state index is -0.417. The fourth-order valence-electron chi connectivity index (χ4n) is 2.10. The van der Waals surface area contributed by atoms with Gasteiger partial charge in [-0.25, -0.2) is 4.79 Å². The second kappa shape index (κ2) is 8.15. The van der Waals surface area contributed by atoms with E-state index in [0.29, 0.717) is 29.2 Å². The van der Waals surface area contributed by atoms with Gasteiger partial charge in [0.2, 0.25) is 0 Å². The van der Waals surface area contributed by atoms with Crippen LogP contribution in [-0.2, 0) is 4.74 Å². The van der Waals surface area contributed by atoms with Gasteiger partial charge < -0.3 is 14.8 Å². The molecule has 5 nitrogen and oxygen atoms in total. The maximum Gasteiger partial charge on any atom is 0.338 e. The van der Waals surface area contributed by atoms with E-state index in [-0.39, 0.29) is 12.0 Å². The highest BCUT2D eigenvalue weighted by Crippen LogP contribution is 2.17. The standard InChI is InChI=1S/C19H21NO4/c1-4-23-17-10-6-7-14(12-17)18(21)20-16-9-5-8-15(11-16)19(22)24-13(2)3/h5-13H,4H2,1-3H3,(H,20,21). The van der Waals surface area contributed by atoms with Gasteiger partial charge in [0.15, 0.2) is 0 Å². The molecule has 0 aliphatic carbocycles. The van der Waals surface area contributed by atoms with Crippen molar-refractivity contribution in [1.29, 1.82) is 0 Å². The van der Waals surface area contributed by atoms with Crippen LogP contribution in [0, 0.1) is 0 Å². The van der Waals surface area contributed by atoms with Crippen LogP contribution in [0.2, 0.25) is 0 Å². The Hall–Kier alpha value is -2.82. The molecule has 2 aromatic carbocycles. The lowest BCUT2D eigenvalue weighted by Gasteiger charge is -2.10. The van der Waals surface area contributed by atoms with Crippen molar-refractivity contribution in [3.05, 3.63) is 59.7 Å². The topological polar surface area (TPSA) is 64.6 Å². The fourth-order valence-corrected chi connectivity index (χ4v) is 2.10. The summed E-state index contributed by atoms with van der Waals surface area (Å²) in [5.41, 5.74) is 1.40. The van der Waals surface area contributed by atoms with Gasteiger partial charge in [0.05, 0.1) is 18.3 Å². The van der Waals surface area contributed by atoms with Crippen molar-refractivity contribution in [2.24, 2.45) is 0 Å². The summed E-state index contributed by atoms with van der Waals surface area (Å²) in [6.07, 6.45) is -0.197. The van der Waals surface area contributed by atoms with E-state index in [9.17, 15) is 9.59 Å². The molecule has 24 heavy (non-hydrogen) atoms. The van der Waals surface area contributed by atoms with E-state index >= 15 is 0 Å². The van der Waals surface area contributed by atoms with Gasteiger partial charge in [-0.05, 0) is 57.2 Å². The third-order valence-electron chi connectivity index (χ3n) is 3.11. The highest BCUT2D eigenvalue weighted by atomic mass is 16.5. The highest BCUT2D eigenvalue weighted by Gasteiger charge is 2.12. The van der Waals surface area contributed by atoms with E-state index in [2.05, 4.69) is 5.32 Å². The lowest BCUT2D eigenvalue weighted by molar-refractivity contribution is 0.0378. The summed E-state index contributed by atoms with van der Waals surface area (Å²) in [7, 11) is 0. The average Bonchev–Trinajstić information content (AvgIpc) is 2.55. The lowest BCUT2D eigenvalue weighted by Crippen LogP contribution is -2.14. The predicted octanol–water partition coefficient (Wildman–Crippen LogP) is 3.90. The number of nitrogens with one attached hydrogen (secondary N) is 1. The lowest BCUT2D eigenvalue weighted by atomic mass is 10.1. The van der Waals surface area contributed by atoms with Gasteiger partial charge in [-0.1, -0.05) is 12.1 Å². The van der Waals surface area contributed by atoms with Crippen molar-refractivity contribution in [3.63, 3.8) is 0 Å². The minimum absolute atomic E-state index is 0.197. The molecular formula is C19H21NO4. The number of hydrogen-bond donors (Lipinski definition) is 1. The molecule has 5 heteroatoms. The van der Waals surface area contributed by atoms with Crippen molar-refractivity contribution in [3.8, 4) is 5.75 Å². The molecule has 0 aliphatic heterocycles. The molecule has 0 bridgehead atoms. The van der Waals surface area contributed by atoms with E-state index in [0.717, 1.165) is 0 Å². The van der Waals surface area contributed by atoms with Crippen molar-refractivity contribution in [2.75, 3.05) is 11.9 Å². The molecule has 0 aliphatic rings. The first-order valence-corrected chi connectivity index (χ1v) is 7.85. The van der Waals surface area contributed by atoms with Crippen molar-refractivity contribution in [2.45, 2.75) is 26.9 Å². The number of esters is 1. The molecule has 0 fully saturated rings. The van der Waals surface area contributed by atoms with Crippen molar-refractivity contribution in [1.82, 2.24) is 0 Å². The van der Waals surface area contributed by atoms with Crippen LogP contribution in [0.5, 0.6) is 5.75 Å². The Morgan fingerprint density at radius 2 is 1.75 bits per heavy atom. The summed E-state index contributed by atoms with van der Waals surface area (Å²) in [4.78, 5) is 24.3. The molecule has 126 valence electrons. The monoisotopic (exact) mass is 327 g/mol. The van der Waals surface area contributed by atoms with E-state index in [4.69, 9.17) is 9.47 Å². The van der Waals surface area contributed by atoms with Gasteiger partial charge >= 0.3 is 5.97 Å².